The molecule has 0 atom stereocenters. The van der Waals surface area contributed by atoms with Crippen LogP contribution >= 0.6 is 11.8 Å². The van der Waals surface area contributed by atoms with Crippen LogP contribution in [0.4, 0.5) is 5.82 Å². The van der Waals surface area contributed by atoms with Crippen molar-refractivity contribution in [3.8, 4) is 0 Å². The summed E-state index contributed by atoms with van der Waals surface area (Å²) >= 11 is 1.80. The van der Waals surface area contributed by atoms with E-state index in [-0.39, 0.29) is 4.75 Å². The van der Waals surface area contributed by atoms with Gasteiger partial charge in [-0.15, -0.1) is 11.8 Å². The maximum atomic E-state index is 5.38. The highest BCUT2D eigenvalue weighted by atomic mass is 32.2. The van der Waals surface area contributed by atoms with Crippen LogP contribution in [0, 0.1) is 0 Å². The van der Waals surface area contributed by atoms with Crippen LogP contribution in [0.1, 0.15) is 32.3 Å². The average Bonchev–Trinajstić information content (AvgIpc) is 2.25. The first kappa shape index (κ1) is 14.2. The van der Waals surface area contributed by atoms with Crippen molar-refractivity contribution in [1.82, 2.24) is 9.97 Å². The summed E-state index contributed by atoms with van der Waals surface area (Å²) in [5.74, 6) is 7.53. The highest BCUT2D eigenvalue weighted by Crippen LogP contribution is 2.26. The minimum absolute atomic E-state index is 0.191. The zero-order valence-corrected chi connectivity index (χ0v) is 11.6. The standard InChI is InChI=1S/C11H20N4OS/c1-11(2,3)17-7-10-13-8(6-16-4)5-9(14-10)15-12/h5H,6-7,12H2,1-4H3,(H,13,14,15). The molecule has 0 saturated heterocycles. The molecule has 1 aromatic heterocycles. The predicted molar refractivity (Wildman–Crippen MR) is 71.6 cm³/mol. The molecule has 3 N–H and O–H groups in total. The van der Waals surface area contributed by atoms with E-state index in [9.17, 15) is 0 Å². The van der Waals surface area contributed by atoms with Gasteiger partial charge in [0.15, 0.2) is 0 Å². The van der Waals surface area contributed by atoms with Crippen LogP contribution in [0.2, 0.25) is 0 Å². The number of hydrogen-bond acceptors (Lipinski definition) is 6. The first-order valence-corrected chi connectivity index (χ1v) is 6.39. The molecule has 96 valence electrons. The van der Waals surface area contributed by atoms with Crippen LogP contribution in [0.15, 0.2) is 6.07 Å². The van der Waals surface area contributed by atoms with Gasteiger partial charge in [-0.2, -0.15) is 0 Å². The van der Waals surface area contributed by atoms with Gasteiger partial charge in [-0.3, -0.25) is 0 Å². The number of aromatic nitrogens is 2. The molecule has 17 heavy (non-hydrogen) atoms. The lowest BCUT2D eigenvalue weighted by molar-refractivity contribution is 0.181. The largest absolute Gasteiger partial charge is 0.378 e. The molecule has 0 aliphatic rings. The van der Waals surface area contributed by atoms with E-state index in [0.29, 0.717) is 12.4 Å². The van der Waals surface area contributed by atoms with Crippen molar-refractivity contribution >= 4 is 17.6 Å². The second-order valence-corrected chi connectivity index (χ2v) is 6.44. The SMILES string of the molecule is COCc1cc(NN)nc(CSC(C)(C)C)n1. The van der Waals surface area contributed by atoms with Crippen LogP contribution in [-0.2, 0) is 17.1 Å². The lowest BCUT2D eigenvalue weighted by atomic mass is 10.3. The molecule has 1 aromatic rings. The molecular weight excluding hydrogens is 236 g/mol. The van der Waals surface area contributed by atoms with E-state index in [1.54, 1.807) is 24.9 Å². The number of hydrazine groups is 1. The van der Waals surface area contributed by atoms with Gasteiger partial charge in [0.2, 0.25) is 0 Å². The van der Waals surface area contributed by atoms with Crippen molar-refractivity contribution in [2.45, 2.75) is 37.9 Å². The summed E-state index contributed by atoms with van der Waals surface area (Å²) in [6.07, 6.45) is 0. The number of thioether (sulfide) groups is 1. The Kier molecular flexibility index (Phi) is 5.17. The van der Waals surface area contributed by atoms with Gasteiger partial charge in [0.05, 0.1) is 18.1 Å². The minimum Gasteiger partial charge on any atom is -0.378 e. The van der Waals surface area contributed by atoms with Crippen LogP contribution in [-0.4, -0.2) is 21.8 Å². The molecule has 0 aliphatic carbocycles. The Morgan fingerprint density at radius 2 is 2.12 bits per heavy atom. The van der Waals surface area contributed by atoms with E-state index in [4.69, 9.17) is 10.6 Å². The summed E-state index contributed by atoms with van der Waals surface area (Å²) in [5.41, 5.74) is 3.38. The third-order valence-electron chi connectivity index (χ3n) is 1.90. The Balaban J connectivity index is 2.79. The summed E-state index contributed by atoms with van der Waals surface area (Å²) < 4.78 is 5.25. The van der Waals surface area contributed by atoms with Crippen molar-refractivity contribution in [2.75, 3.05) is 12.5 Å². The Morgan fingerprint density at radius 3 is 2.65 bits per heavy atom. The average molecular weight is 256 g/mol. The molecule has 5 nitrogen and oxygen atoms in total. The van der Waals surface area contributed by atoms with Crippen LogP contribution < -0.4 is 11.3 Å². The normalized spacial score (nSPS) is 11.6. The highest BCUT2D eigenvalue weighted by molar-refractivity contribution is 7.99. The molecule has 0 spiro atoms. The monoisotopic (exact) mass is 256 g/mol. The molecule has 0 fully saturated rings. The lowest BCUT2D eigenvalue weighted by Crippen LogP contribution is -2.13. The maximum absolute atomic E-state index is 5.38. The topological polar surface area (TPSA) is 73.1 Å². The molecule has 0 saturated carbocycles. The van der Waals surface area contributed by atoms with Crippen LogP contribution in [0.25, 0.3) is 0 Å². The van der Waals surface area contributed by atoms with Crippen molar-refractivity contribution in [2.24, 2.45) is 5.84 Å². The fourth-order valence-electron chi connectivity index (χ4n) is 1.19. The van der Waals surface area contributed by atoms with Gasteiger partial charge in [-0.25, -0.2) is 15.8 Å². The Hall–Kier alpha value is -0.850. The molecule has 0 aliphatic heterocycles. The van der Waals surface area contributed by atoms with Crippen LogP contribution in [0.3, 0.4) is 0 Å². The van der Waals surface area contributed by atoms with Gasteiger partial charge < -0.3 is 10.2 Å². The maximum Gasteiger partial charge on any atom is 0.144 e. The van der Waals surface area contributed by atoms with Gasteiger partial charge in [-0.05, 0) is 0 Å². The second-order valence-electron chi connectivity index (χ2n) is 4.64. The third kappa shape index (κ3) is 5.34. The quantitative estimate of drug-likeness (QED) is 0.619. The van der Waals surface area contributed by atoms with E-state index in [0.717, 1.165) is 17.3 Å². The Morgan fingerprint density at radius 1 is 1.41 bits per heavy atom. The Labute approximate surface area is 107 Å². The molecule has 0 radical (unpaired) electrons. The fourth-order valence-corrected chi connectivity index (χ4v) is 1.88. The summed E-state index contributed by atoms with van der Waals surface area (Å²) in [5, 5.41) is 0. The van der Waals surface area contributed by atoms with Crippen molar-refractivity contribution in [3.63, 3.8) is 0 Å². The molecule has 0 bridgehead atoms. The Bertz CT molecular complexity index is 365. The molecule has 0 amide bonds. The van der Waals surface area contributed by atoms with Crippen molar-refractivity contribution < 1.29 is 4.74 Å². The first-order valence-electron chi connectivity index (χ1n) is 5.41. The summed E-state index contributed by atoms with van der Waals surface area (Å²) in [6.45, 7) is 6.96. The molecule has 0 aromatic carbocycles. The highest BCUT2D eigenvalue weighted by Gasteiger charge is 2.12. The number of ether oxygens (including phenoxy) is 1. The van der Waals surface area contributed by atoms with Gasteiger partial charge >= 0.3 is 0 Å². The minimum atomic E-state index is 0.191. The summed E-state index contributed by atoms with van der Waals surface area (Å²) in [7, 11) is 1.64. The molecule has 6 heteroatoms. The number of rotatable bonds is 5. The number of anilines is 1. The number of nitrogen functional groups attached to an aromatic ring is 1. The van der Waals surface area contributed by atoms with Gasteiger partial charge in [0.25, 0.3) is 0 Å². The smallest absolute Gasteiger partial charge is 0.144 e. The molecule has 1 heterocycles. The molecule has 0 unspecified atom stereocenters. The van der Waals surface area contributed by atoms with Crippen LogP contribution in [0.5, 0.6) is 0 Å². The number of hydrogen-bond donors (Lipinski definition) is 2. The number of nitrogens with one attached hydrogen (secondary N) is 1. The van der Waals surface area contributed by atoms with E-state index in [2.05, 4.69) is 36.2 Å². The van der Waals surface area contributed by atoms with Crippen molar-refractivity contribution in [1.29, 1.82) is 0 Å². The van der Waals surface area contributed by atoms with E-state index < -0.39 is 0 Å². The number of nitrogens with zero attached hydrogens (tertiary/aromatic N) is 2. The first-order chi connectivity index (χ1) is 7.94. The van der Waals surface area contributed by atoms with Gasteiger partial charge in [0, 0.05) is 17.9 Å². The number of nitrogens with two attached hydrogens (primary N) is 1. The number of methoxy groups -OCH3 is 1. The lowest BCUT2D eigenvalue weighted by Gasteiger charge is -2.17. The zero-order valence-electron chi connectivity index (χ0n) is 10.8. The van der Waals surface area contributed by atoms with E-state index in [1.165, 1.54) is 0 Å². The molecule has 1 rings (SSSR count). The summed E-state index contributed by atoms with van der Waals surface area (Å²) in [6, 6.07) is 1.79. The van der Waals surface area contributed by atoms with E-state index >= 15 is 0 Å². The predicted octanol–water partition coefficient (Wildman–Crippen LogP) is 1.94. The molecular formula is C11H20N4OS. The second kappa shape index (κ2) is 6.18. The van der Waals surface area contributed by atoms with Gasteiger partial charge in [0.1, 0.15) is 11.6 Å². The summed E-state index contributed by atoms with van der Waals surface area (Å²) in [4.78, 5) is 8.74. The zero-order chi connectivity index (χ0) is 12.9. The van der Waals surface area contributed by atoms with E-state index in [1.807, 2.05) is 0 Å². The fraction of sp³-hybridized carbons (Fsp3) is 0.636. The third-order valence-corrected chi connectivity index (χ3v) is 3.17. The van der Waals surface area contributed by atoms with Crippen molar-refractivity contribution in [3.05, 3.63) is 17.6 Å². The van der Waals surface area contributed by atoms with Gasteiger partial charge in [-0.1, -0.05) is 20.8 Å².